The van der Waals surface area contributed by atoms with E-state index in [1.807, 2.05) is 13.0 Å². The number of aryl methyl sites for hydroxylation is 1. The Balaban J connectivity index is 2.63. The maximum Gasteiger partial charge on any atom is 0.336 e. The molecule has 0 aliphatic heterocycles. The summed E-state index contributed by atoms with van der Waals surface area (Å²) < 4.78 is 0. The maximum absolute atomic E-state index is 11.1. The van der Waals surface area contributed by atoms with E-state index in [9.17, 15) is 9.90 Å². The summed E-state index contributed by atoms with van der Waals surface area (Å²) in [4.78, 5) is 15.1. The molecule has 4 heteroatoms. The van der Waals surface area contributed by atoms with Gasteiger partial charge in [-0.15, -0.1) is 0 Å². The predicted molar refractivity (Wildman–Crippen MR) is 63.0 cm³/mol. The summed E-state index contributed by atoms with van der Waals surface area (Å²) in [7, 11) is 0. The molecule has 0 atom stereocenters. The Morgan fingerprint density at radius 3 is 2.65 bits per heavy atom. The topological polar surface area (TPSA) is 70.4 Å². The van der Waals surface area contributed by atoms with E-state index in [0.717, 1.165) is 11.1 Å². The number of carbonyl (C=O) groups is 1. The number of aromatic hydroxyl groups is 1. The fourth-order valence-corrected chi connectivity index (χ4v) is 1.66. The summed E-state index contributed by atoms with van der Waals surface area (Å²) in [5.74, 6) is -1.14. The minimum absolute atomic E-state index is 0.0632. The average Bonchev–Trinajstić information content (AvgIpc) is 2.28. The number of carboxylic acid groups (broad SMARTS) is 1. The van der Waals surface area contributed by atoms with Crippen LogP contribution in [0.15, 0.2) is 36.7 Å². The van der Waals surface area contributed by atoms with Crippen LogP contribution in [0.5, 0.6) is 5.75 Å². The van der Waals surface area contributed by atoms with Crippen molar-refractivity contribution in [3.8, 4) is 16.9 Å². The third-order valence-corrected chi connectivity index (χ3v) is 2.42. The highest BCUT2D eigenvalue weighted by Crippen LogP contribution is 2.27. The highest BCUT2D eigenvalue weighted by Gasteiger charge is 2.12. The van der Waals surface area contributed by atoms with Gasteiger partial charge >= 0.3 is 5.97 Å². The van der Waals surface area contributed by atoms with Gasteiger partial charge in [0.05, 0.1) is 5.56 Å². The number of hydrogen-bond acceptors (Lipinski definition) is 3. The van der Waals surface area contributed by atoms with Crippen LogP contribution in [0, 0.1) is 6.92 Å². The van der Waals surface area contributed by atoms with Crippen LogP contribution in [0.1, 0.15) is 15.9 Å². The van der Waals surface area contributed by atoms with E-state index >= 15 is 0 Å². The Kier molecular flexibility index (Phi) is 2.78. The number of phenolic OH excluding ortho intramolecular Hbond substituents is 1. The zero-order valence-electron chi connectivity index (χ0n) is 9.21. The van der Waals surface area contributed by atoms with Gasteiger partial charge in [0, 0.05) is 18.0 Å². The molecule has 4 nitrogen and oxygen atoms in total. The van der Waals surface area contributed by atoms with Crippen molar-refractivity contribution in [1.29, 1.82) is 0 Å². The molecule has 2 N–H and O–H groups in total. The number of nitrogens with zero attached hydrogens (tertiary/aromatic N) is 1. The van der Waals surface area contributed by atoms with Gasteiger partial charge in [0.1, 0.15) is 5.75 Å². The molecule has 0 aliphatic carbocycles. The Bertz CT molecular complexity index is 579. The number of aromatic carboxylic acids is 1. The van der Waals surface area contributed by atoms with Crippen LogP contribution in [0.3, 0.4) is 0 Å². The predicted octanol–water partition coefficient (Wildman–Crippen LogP) is 2.46. The van der Waals surface area contributed by atoms with E-state index < -0.39 is 5.97 Å². The minimum atomic E-state index is -1.07. The van der Waals surface area contributed by atoms with E-state index in [0.29, 0.717) is 5.56 Å². The maximum atomic E-state index is 11.1. The fourth-order valence-electron chi connectivity index (χ4n) is 1.66. The highest BCUT2D eigenvalue weighted by atomic mass is 16.4. The number of hydrogen-bond donors (Lipinski definition) is 2. The summed E-state index contributed by atoms with van der Waals surface area (Å²) in [5, 5.41) is 18.4. The molecule has 1 aromatic carbocycles. The van der Waals surface area contributed by atoms with Gasteiger partial charge < -0.3 is 10.2 Å². The molecule has 0 radical (unpaired) electrons. The number of benzene rings is 1. The molecule has 0 bridgehead atoms. The molecule has 0 saturated heterocycles. The second-order valence-corrected chi connectivity index (χ2v) is 3.79. The van der Waals surface area contributed by atoms with Crippen LogP contribution < -0.4 is 0 Å². The third-order valence-electron chi connectivity index (χ3n) is 2.42. The van der Waals surface area contributed by atoms with Crippen molar-refractivity contribution in [2.24, 2.45) is 0 Å². The lowest BCUT2D eigenvalue weighted by Gasteiger charge is -2.07. The molecule has 0 aliphatic rings. The second-order valence-electron chi connectivity index (χ2n) is 3.79. The second kappa shape index (κ2) is 4.25. The van der Waals surface area contributed by atoms with Crippen LogP contribution in [-0.4, -0.2) is 21.2 Å². The van der Waals surface area contributed by atoms with Crippen molar-refractivity contribution >= 4 is 5.97 Å². The summed E-state index contributed by atoms with van der Waals surface area (Å²) >= 11 is 0. The first-order valence-electron chi connectivity index (χ1n) is 5.06. The molecule has 0 fully saturated rings. The van der Waals surface area contributed by atoms with E-state index in [1.54, 1.807) is 18.5 Å². The molecule has 1 aromatic heterocycles. The van der Waals surface area contributed by atoms with Gasteiger partial charge in [-0.05, 0) is 42.3 Å². The largest absolute Gasteiger partial charge is 0.508 e. The van der Waals surface area contributed by atoms with Crippen LogP contribution in [-0.2, 0) is 0 Å². The lowest BCUT2D eigenvalue weighted by molar-refractivity contribution is 0.0697. The molecule has 86 valence electrons. The van der Waals surface area contributed by atoms with Crippen molar-refractivity contribution < 1.29 is 15.0 Å². The molecule has 1 heterocycles. The number of carboxylic acids is 1. The smallest absolute Gasteiger partial charge is 0.336 e. The SMILES string of the molecule is Cc1cncc(-c2ccc(O)cc2C(=O)O)c1. The molecule has 17 heavy (non-hydrogen) atoms. The first-order valence-corrected chi connectivity index (χ1v) is 5.06. The minimum Gasteiger partial charge on any atom is -0.508 e. The fraction of sp³-hybridized carbons (Fsp3) is 0.0769. The average molecular weight is 229 g/mol. The summed E-state index contributed by atoms with van der Waals surface area (Å²) in [6.07, 6.45) is 3.30. The number of rotatable bonds is 2. The van der Waals surface area contributed by atoms with Crippen molar-refractivity contribution in [2.75, 3.05) is 0 Å². The molecule has 2 rings (SSSR count). The Morgan fingerprint density at radius 2 is 2.00 bits per heavy atom. The van der Waals surface area contributed by atoms with Gasteiger partial charge in [0.2, 0.25) is 0 Å². The first-order chi connectivity index (χ1) is 8.08. The van der Waals surface area contributed by atoms with Gasteiger partial charge in [-0.3, -0.25) is 4.98 Å². The van der Waals surface area contributed by atoms with Crippen LogP contribution in [0.4, 0.5) is 0 Å². The van der Waals surface area contributed by atoms with Crippen LogP contribution in [0.2, 0.25) is 0 Å². The van der Waals surface area contributed by atoms with Crippen LogP contribution >= 0.6 is 0 Å². The van der Waals surface area contributed by atoms with E-state index in [2.05, 4.69) is 4.98 Å². The van der Waals surface area contributed by atoms with Gasteiger partial charge in [0.15, 0.2) is 0 Å². The van der Waals surface area contributed by atoms with Gasteiger partial charge in [-0.2, -0.15) is 0 Å². The number of aromatic nitrogens is 1. The normalized spacial score (nSPS) is 10.2. The van der Waals surface area contributed by atoms with E-state index in [-0.39, 0.29) is 11.3 Å². The quantitative estimate of drug-likeness (QED) is 0.829. The number of phenols is 1. The van der Waals surface area contributed by atoms with Crippen molar-refractivity contribution in [3.05, 3.63) is 47.8 Å². The lowest BCUT2D eigenvalue weighted by atomic mass is 10.00. The zero-order chi connectivity index (χ0) is 12.4. The van der Waals surface area contributed by atoms with Gasteiger partial charge in [0.25, 0.3) is 0 Å². The summed E-state index contributed by atoms with van der Waals surface area (Å²) in [6.45, 7) is 1.89. The van der Waals surface area contributed by atoms with Gasteiger partial charge in [-0.25, -0.2) is 4.79 Å². The molecular weight excluding hydrogens is 218 g/mol. The molecule has 2 aromatic rings. The van der Waals surface area contributed by atoms with Crippen LogP contribution in [0.25, 0.3) is 11.1 Å². The molecule has 0 saturated carbocycles. The zero-order valence-corrected chi connectivity index (χ0v) is 9.21. The Morgan fingerprint density at radius 1 is 1.24 bits per heavy atom. The van der Waals surface area contributed by atoms with Crippen molar-refractivity contribution in [3.63, 3.8) is 0 Å². The molecular formula is C13H11NO3. The Labute approximate surface area is 98.2 Å². The van der Waals surface area contributed by atoms with Gasteiger partial charge in [-0.1, -0.05) is 0 Å². The monoisotopic (exact) mass is 229 g/mol. The van der Waals surface area contributed by atoms with Crippen molar-refractivity contribution in [1.82, 2.24) is 4.98 Å². The summed E-state index contributed by atoms with van der Waals surface area (Å²) in [5.41, 5.74) is 2.29. The molecule has 0 amide bonds. The standard InChI is InChI=1S/C13H11NO3/c1-8-4-9(7-14-6-8)11-3-2-10(15)5-12(11)13(16)17/h2-7,15H,1H3,(H,16,17). The molecule has 0 spiro atoms. The lowest BCUT2D eigenvalue weighted by Crippen LogP contribution is -1.99. The number of pyridine rings is 1. The van der Waals surface area contributed by atoms with E-state index in [4.69, 9.17) is 5.11 Å². The Hall–Kier alpha value is -2.36. The first kappa shape index (κ1) is 11.1. The molecule has 0 unspecified atom stereocenters. The third kappa shape index (κ3) is 2.25. The highest BCUT2D eigenvalue weighted by molar-refractivity contribution is 5.96. The summed E-state index contributed by atoms with van der Waals surface area (Å²) in [6, 6.07) is 6.13. The van der Waals surface area contributed by atoms with Crippen molar-refractivity contribution in [2.45, 2.75) is 6.92 Å². The van der Waals surface area contributed by atoms with E-state index in [1.165, 1.54) is 12.1 Å².